The molecule has 0 spiro atoms. The molecular weight excluding hydrogens is 280 g/mol. The van der Waals surface area contributed by atoms with Gasteiger partial charge in [0.25, 0.3) is 0 Å². The minimum Gasteiger partial charge on any atom is -0.453 e. The van der Waals surface area contributed by atoms with Crippen molar-refractivity contribution in [2.75, 3.05) is 26.8 Å². The number of amides is 1. The van der Waals surface area contributed by atoms with E-state index in [0.29, 0.717) is 6.54 Å². The first-order chi connectivity index (χ1) is 10.7. The molecular formula is C17H26N2O3. The van der Waals surface area contributed by atoms with Crippen LogP contribution in [0.4, 0.5) is 4.79 Å². The smallest absolute Gasteiger partial charge is 0.410 e. The van der Waals surface area contributed by atoms with Crippen LogP contribution in [0.1, 0.15) is 42.5 Å². The van der Waals surface area contributed by atoms with Gasteiger partial charge in [0, 0.05) is 19.7 Å². The Hall–Kier alpha value is -1.59. The van der Waals surface area contributed by atoms with Gasteiger partial charge >= 0.3 is 6.09 Å². The molecule has 1 atom stereocenters. The number of aliphatic hydroxyl groups excluding tert-OH is 1. The van der Waals surface area contributed by atoms with E-state index in [4.69, 9.17) is 9.84 Å². The molecule has 1 amide bonds. The van der Waals surface area contributed by atoms with E-state index < -0.39 is 0 Å². The number of fused-ring (bicyclic) bond motifs is 1. The molecule has 1 heterocycles. The summed E-state index contributed by atoms with van der Waals surface area (Å²) in [6.45, 7) is 4.66. The second-order valence-corrected chi connectivity index (χ2v) is 5.62. The number of benzene rings is 1. The molecule has 1 aromatic rings. The van der Waals surface area contributed by atoms with E-state index in [0.717, 1.165) is 32.4 Å². The SMILES string of the molecule is CCC1c2ccc(CNCCCO)cc2CCN1C(=O)OC. The van der Waals surface area contributed by atoms with Gasteiger partial charge in [0.15, 0.2) is 0 Å². The zero-order valence-corrected chi connectivity index (χ0v) is 13.5. The quantitative estimate of drug-likeness (QED) is 0.791. The number of nitrogens with one attached hydrogen (secondary N) is 1. The predicted octanol–water partition coefficient (Wildman–Crippen LogP) is 2.23. The first-order valence-corrected chi connectivity index (χ1v) is 7.99. The first-order valence-electron chi connectivity index (χ1n) is 7.99. The summed E-state index contributed by atoms with van der Waals surface area (Å²) in [4.78, 5) is 13.7. The van der Waals surface area contributed by atoms with Crippen molar-refractivity contribution in [3.05, 3.63) is 34.9 Å². The number of hydrogen-bond acceptors (Lipinski definition) is 4. The van der Waals surface area contributed by atoms with E-state index >= 15 is 0 Å². The van der Waals surface area contributed by atoms with E-state index in [2.05, 4.69) is 30.4 Å². The van der Waals surface area contributed by atoms with Crippen LogP contribution in [-0.2, 0) is 17.7 Å². The van der Waals surface area contributed by atoms with Crippen LogP contribution < -0.4 is 5.32 Å². The number of methoxy groups -OCH3 is 1. The summed E-state index contributed by atoms with van der Waals surface area (Å²) in [5.41, 5.74) is 3.81. The molecule has 0 fully saturated rings. The van der Waals surface area contributed by atoms with Gasteiger partial charge in [-0.2, -0.15) is 0 Å². The Morgan fingerprint density at radius 2 is 2.32 bits per heavy atom. The van der Waals surface area contributed by atoms with Crippen LogP contribution in [0.2, 0.25) is 0 Å². The first kappa shape index (κ1) is 16.8. The molecule has 1 unspecified atom stereocenters. The third kappa shape index (κ3) is 3.78. The minimum atomic E-state index is -0.243. The molecule has 5 nitrogen and oxygen atoms in total. The van der Waals surface area contributed by atoms with Crippen LogP contribution in [0.5, 0.6) is 0 Å². The third-order valence-electron chi connectivity index (χ3n) is 4.20. The number of rotatable bonds is 6. The van der Waals surface area contributed by atoms with Crippen LogP contribution in [0, 0.1) is 0 Å². The van der Waals surface area contributed by atoms with Gasteiger partial charge in [-0.25, -0.2) is 4.79 Å². The Balaban J connectivity index is 2.09. The van der Waals surface area contributed by atoms with Crippen LogP contribution in [0.25, 0.3) is 0 Å². The van der Waals surface area contributed by atoms with Gasteiger partial charge < -0.3 is 20.1 Å². The molecule has 0 bridgehead atoms. The van der Waals surface area contributed by atoms with Crippen molar-refractivity contribution < 1.29 is 14.6 Å². The number of hydrogen-bond donors (Lipinski definition) is 2. The number of carbonyl (C=O) groups is 1. The lowest BCUT2D eigenvalue weighted by Crippen LogP contribution is -2.39. The van der Waals surface area contributed by atoms with Gasteiger partial charge in [-0.3, -0.25) is 0 Å². The molecule has 1 aliphatic rings. The molecule has 22 heavy (non-hydrogen) atoms. The Morgan fingerprint density at radius 3 is 3.00 bits per heavy atom. The Kier molecular flexibility index (Phi) is 6.21. The Labute approximate surface area is 132 Å². The van der Waals surface area contributed by atoms with Crippen LogP contribution in [0.3, 0.4) is 0 Å². The molecule has 2 N–H and O–H groups in total. The third-order valence-corrected chi connectivity index (χ3v) is 4.20. The summed E-state index contributed by atoms with van der Waals surface area (Å²) in [5.74, 6) is 0. The fourth-order valence-electron chi connectivity index (χ4n) is 3.09. The maximum absolute atomic E-state index is 11.9. The molecule has 0 radical (unpaired) electrons. The molecule has 0 aliphatic carbocycles. The fraction of sp³-hybridized carbons (Fsp3) is 0.588. The normalized spacial score (nSPS) is 17.2. The molecule has 1 aromatic carbocycles. The van der Waals surface area contributed by atoms with Crippen molar-refractivity contribution in [2.45, 2.75) is 38.8 Å². The zero-order valence-electron chi connectivity index (χ0n) is 13.5. The highest BCUT2D eigenvalue weighted by Crippen LogP contribution is 2.33. The number of carbonyl (C=O) groups excluding carboxylic acids is 1. The Bertz CT molecular complexity index is 505. The van der Waals surface area contributed by atoms with Gasteiger partial charge in [0.05, 0.1) is 13.2 Å². The van der Waals surface area contributed by atoms with E-state index in [1.807, 2.05) is 4.90 Å². The maximum Gasteiger partial charge on any atom is 0.410 e. The lowest BCUT2D eigenvalue weighted by molar-refractivity contribution is 0.0995. The van der Waals surface area contributed by atoms with Crippen LogP contribution in [0.15, 0.2) is 18.2 Å². The van der Waals surface area contributed by atoms with Gasteiger partial charge in [-0.15, -0.1) is 0 Å². The highest BCUT2D eigenvalue weighted by Gasteiger charge is 2.30. The number of aliphatic hydroxyl groups is 1. The summed E-state index contributed by atoms with van der Waals surface area (Å²) in [5, 5.41) is 12.1. The standard InChI is InChI=1S/C17H26N2O3/c1-3-16-15-6-5-13(12-18-8-4-10-20)11-14(15)7-9-19(16)17(21)22-2/h5-6,11,16,18,20H,3-4,7-10,12H2,1-2H3. The molecule has 0 saturated carbocycles. The van der Waals surface area contributed by atoms with Crippen LogP contribution in [-0.4, -0.2) is 42.9 Å². The average Bonchev–Trinajstić information content (AvgIpc) is 2.56. The van der Waals surface area contributed by atoms with Crippen LogP contribution >= 0.6 is 0 Å². The monoisotopic (exact) mass is 306 g/mol. The predicted molar refractivity (Wildman–Crippen MR) is 85.7 cm³/mol. The highest BCUT2D eigenvalue weighted by atomic mass is 16.5. The molecule has 122 valence electrons. The number of ether oxygens (including phenoxy) is 1. The van der Waals surface area contributed by atoms with Crippen molar-refractivity contribution in [3.8, 4) is 0 Å². The van der Waals surface area contributed by atoms with E-state index in [1.165, 1.54) is 23.8 Å². The highest BCUT2D eigenvalue weighted by molar-refractivity contribution is 5.69. The zero-order chi connectivity index (χ0) is 15.9. The second-order valence-electron chi connectivity index (χ2n) is 5.62. The maximum atomic E-state index is 11.9. The van der Waals surface area contributed by atoms with Crippen molar-refractivity contribution >= 4 is 6.09 Å². The molecule has 1 aliphatic heterocycles. The molecule has 0 saturated heterocycles. The van der Waals surface area contributed by atoms with Crippen molar-refractivity contribution in [2.24, 2.45) is 0 Å². The molecule has 2 rings (SSSR count). The van der Waals surface area contributed by atoms with Crippen molar-refractivity contribution in [3.63, 3.8) is 0 Å². The van der Waals surface area contributed by atoms with Gasteiger partial charge in [0.1, 0.15) is 0 Å². The van der Waals surface area contributed by atoms with Gasteiger partial charge in [-0.05, 0) is 42.5 Å². The lowest BCUT2D eigenvalue weighted by Gasteiger charge is -2.36. The van der Waals surface area contributed by atoms with E-state index in [9.17, 15) is 4.79 Å². The average molecular weight is 306 g/mol. The minimum absolute atomic E-state index is 0.104. The fourth-order valence-corrected chi connectivity index (χ4v) is 3.09. The lowest BCUT2D eigenvalue weighted by atomic mass is 9.90. The summed E-state index contributed by atoms with van der Waals surface area (Å²) < 4.78 is 4.89. The summed E-state index contributed by atoms with van der Waals surface area (Å²) in [6, 6.07) is 6.60. The topological polar surface area (TPSA) is 61.8 Å². The second kappa shape index (κ2) is 8.15. The van der Waals surface area contributed by atoms with Gasteiger partial charge in [0.2, 0.25) is 0 Å². The molecule has 5 heteroatoms. The van der Waals surface area contributed by atoms with E-state index in [-0.39, 0.29) is 18.7 Å². The van der Waals surface area contributed by atoms with Crippen molar-refractivity contribution in [1.82, 2.24) is 10.2 Å². The number of nitrogens with zero attached hydrogens (tertiary/aromatic N) is 1. The Morgan fingerprint density at radius 1 is 1.50 bits per heavy atom. The van der Waals surface area contributed by atoms with Crippen molar-refractivity contribution in [1.29, 1.82) is 0 Å². The molecule has 0 aromatic heterocycles. The summed E-state index contributed by atoms with van der Waals surface area (Å²) in [7, 11) is 1.44. The van der Waals surface area contributed by atoms with Gasteiger partial charge in [-0.1, -0.05) is 25.1 Å². The summed E-state index contributed by atoms with van der Waals surface area (Å²) >= 11 is 0. The largest absolute Gasteiger partial charge is 0.453 e. The summed E-state index contributed by atoms with van der Waals surface area (Å²) in [6.07, 6.45) is 2.28. The van der Waals surface area contributed by atoms with E-state index in [1.54, 1.807) is 0 Å².